The van der Waals surface area contributed by atoms with Gasteiger partial charge in [0.15, 0.2) is 0 Å². The first-order valence-electron chi connectivity index (χ1n) is 8.48. The Kier molecular flexibility index (Phi) is 4.39. The molecule has 3 N–H and O–H groups in total. The molecule has 1 aliphatic carbocycles. The third-order valence-electron chi connectivity index (χ3n) is 5.20. The van der Waals surface area contributed by atoms with Crippen LogP contribution in [0.15, 0.2) is 24.3 Å². The largest absolute Gasteiger partial charge is 0.382 e. The van der Waals surface area contributed by atoms with Gasteiger partial charge in [0, 0.05) is 29.9 Å². The molecular formula is C18H27N3O. The molecule has 1 spiro atoms. The van der Waals surface area contributed by atoms with E-state index >= 15 is 0 Å². The van der Waals surface area contributed by atoms with Crippen molar-refractivity contribution in [1.82, 2.24) is 10.6 Å². The number of amides is 1. The predicted octanol–water partition coefficient (Wildman–Crippen LogP) is 2.77. The zero-order valence-corrected chi connectivity index (χ0v) is 13.6. The molecule has 2 aliphatic rings. The van der Waals surface area contributed by atoms with Crippen LogP contribution in [0.4, 0.5) is 5.69 Å². The number of hydrogen-bond acceptors (Lipinski definition) is 3. The molecule has 1 aromatic rings. The highest BCUT2D eigenvalue weighted by Gasteiger charge is 2.45. The number of benzene rings is 1. The molecule has 1 amide bonds. The summed E-state index contributed by atoms with van der Waals surface area (Å²) >= 11 is 0. The van der Waals surface area contributed by atoms with Crippen LogP contribution in [0.25, 0.3) is 0 Å². The van der Waals surface area contributed by atoms with Crippen molar-refractivity contribution in [1.29, 1.82) is 0 Å². The van der Waals surface area contributed by atoms with Crippen LogP contribution in [0.1, 0.15) is 49.9 Å². The van der Waals surface area contributed by atoms with E-state index in [0.717, 1.165) is 17.7 Å². The maximum absolute atomic E-state index is 12.0. The van der Waals surface area contributed by atoms with Gasteiger partial charge in [0.05, 0.1) is 0 Å². The lowest BCUT2D eigenvalue weighted by Gasteiger charge is -2.45. The van der Waals surface area contributed by atoms with E-state index in [9.17, 15) is 4.79 Å². The quantitative estimate of drug-likeness (QED) is 0.784. The van der Waals surface area contributed by atoms with E-state index in [0.29, 0.717) is 11.5 Å². The van der Waals surface area contributed by atoms with E-state index in [-0.39, 0.29) is 11.9 Å². The topological polar surface area (TPSA) is 53.2 Å². The fourth-order valence-corrected chi connectivity index (χ4v) is 3.59. The molecule has 1 saturated heterocycles. The molecule has 0 radical (unpaired) electrons. The van der Waals surface area contributed by atoms with Crippen molar-refractivity contribution in [2.45, 2.75) is 51.6 Å². The lowest BCUT2D eigenvalue weighted by atomic mass is 9.65. The van der Waals surface area contributed by atoms with Crippen LogP contribution in [-0.2, 0) is 0 Å². The van der Waals surface area contributed by atoms with Crippen LogP contribution in [-0.4, -0.2) is 31.1 Å². The number of nitrogens with one attached hydrogen (secondary N) is 3. The zero-order chi connectivity index (χ0) is 15.6. The summed E-state index contributed by atoms with van der Waals surface area (Å²) in [6.45, 7) is 6.45. The monoisotopic (exact) mass is 301 g/mol. The number of rotatable bonds is 5. The number of anilines is 1. The van der Waals surface area contributed by atoms with Gasteiger partial charge in [0.25, 0.3) is 5.91 Å². The Morgan fingerprint density at radius 2 is 2.09 bits per heavy atom. The first-order chi connectivity index (χ1) is 10.6. The maximum atomic E-state index is 12.0. The molecule has 1 heterocycles. The molecule has 120 valence electrons. The minimum atomic E-state index is 0.0144. The minimum Gasteiger partial charge on any atom is -0.382 e. The van der Waals surface area contributed by atoms with Gasteiger partial charge >= 0.3 is 0 Å². The summed E-state index contributed by atoms with van der Waals surface area (Å²) in [5, 5.41) is 10.1. The maximum Gasteiger partial charge on any atom is 0.251 e. The fourth-order valence-electron chi connectivity index (χ4n) is 3.59. The SMILES string of the molecule is CCC(C)NC(=O)c1ccc(NC2CC3(CCNC3)C2)cc1. The number of carbonyl (C=O) groups excluding carboxylic acids is 1. The van der Waals surface area contributed by atoms with Crippen LogP contribution in [0.3, 0.4) is 0 Å². The van der Waals surface area contributed by atoms with E-state index in [1.807, 2.05) is 31.2 Å². The van der Waals surface area contributed by atoms with Crippen molar-refractivity contribution in [2.75, 3.05) is 18.4 Å². The standard InChI is InChI=1S/C18H27N3O/c1-3-13(2)20-17(22)14-4-6-15(7-5-14)21-16-10-18(11-16)8-9-19-12-18/h4-7,13,16,19,21H,3,8-12H2,1-2H3,(H,20,22). The van der Waals surface area contributed by atoms with E-state index in [1.165, 1.54) is 32.4 Å². The lowest BCUT2D eigenvalue weighted by Crippen LogP contribution is -2.46. The minimum absolute atomic E-state index is 0.0144. The highest BCUT2D eigenvalue weighted by atomic mass is 16.1. The highest BCUT2D eigenvalue weighted by molar-refractivity contribution is 5.94. The van der Waals surface area contributed by atoms with Crippen molar-refractivity contribution in [3.05, 3.63) is 29.8 Å². The average molecular weight is 301 g/mol. The predicted molar refractivity (Wildman–Crippen MR) is 90.2 cm³/mol. The van der Waals surface area contributed by atoms with Gasteiger partial charge in [-0.25, -0.2) is 0 Å². The molecule has 0 aromatic heterocycles. The second kappa shape index (κ2) is 6.29. The summed E-state index contributed by atoms with van der Waals surface area (Å²) in [5.41, 5.74) is 2.41. The van der Waals surface area contributed by atoms with Gasteiger partial charge in [-0.15, -0.1) is 0 Å². The molecule has 3 rings (SSSR count). The molecule has 1 saturated carbocycles. The Hall–Kier alpha value is -1.55. The third kappa shape index (κ3) is 3.27. The summed E-state index contributed by atoms with van der Waals surface area (Å²) in [4.78, 5) is 12.0. The van der Waals surface area contributed by atoms with Crippen LogP contribution in [0.2, 0.25) is 0 Å². The van der Waals surface area contributed by atoms with E-state index in [1.54, 1.807) is 0 Å². The molecule has 0 bridgehead atoms. The third-order valence-corrected chi connectivity index (χ3v) is 5.20. The normalized spacial score (nSPS) is 28.2. The first-order valence-corrected chi connectivity index (χ1v) is 8.48. The first kappa shape index (κ1) is 15.3. The molecular weight excluding hydrogens is 274 g/mol. The Balaban J connectivity index is 1.51. The van der Waals surface area contributed by atoms with Crippen LogP contribution in [0, 0.1) is 5.41 Å². The van der Waals surface area contributed by atoms with Crippen LogP contribution in [0.5, 0.6) is 0 Å². The van der Waals surface area contributed by atoms with Gasteiger partial charge in [0.1, 0.15) is 0 Å². The molecule has 2 fully saturated rings. The van der Waals surface area contributed by atoms with Crippen molar-refractivity contribution < 1.29 is 4.79 Å². The van der Waals surface area contributed by atoms with Gasteiger partial charge in [-0.2, -0.15) is 0 Å². The molecule has 22 heavy (non-hydrogen) atoms. The summed E-state index contributed by atoms with van der Waals surface area (Å²) in [5.74, 6) is 0.0144. The van der Waals surface area contributed by atoms with Gasteiger partial charge in [-0.1, -0.05) is 6.92 Å². The second-order valence-electron chi connectivity index (χ2n) is 7.04. The van der Waals surface area contributed by atoms with E-state index in [4.69, 9.17) is 0 Å². The smallest absolute Gasteiger partial charge is 0.251 e. The molecule has 4 nitrogen and oxygen atoms in total. The van der Waals surface area contributed by atoms with Crippen molar-refractivity contribution >= 4 is 11.6 Å². The Bertz CT molecular complexity index is 512. The van der Waals surface area contributed by atoms with Gasteiger partial charge < -0.3 is 16.0 Å². The summed E-state index contributed by atoms with van der Waals surface area (Å²) in [6.07, 6.45) is 4.79. The summed E-state index contributed by atoms with van der Waals surface area (Å²) < 4.78 is 0. The van der Waals surface area contributed by atoms with Crippen molar-refractivity contribution in [2.24, 2.45) is 5.41 Å². The highest BCUT2D eigenvalue weighted by Crippen LogP contribution is 2.46. The summed E-state index contributed by atoms with van der Waals surface area (Å²) in [6, 6.07) is 8.65. The van der Waals surface area contributed by atoms with Gasteiger partial charge in [0.2, 0.25) is 0 Å². The average Bonchev–Trinajstić information content (AvgIpc) is 2.97. The molecule has 1 aliphatic heterocycles. The van der Waals surface area contributed by atoms with Crippen molar-refractivity contribution in [3.63, 3.8) is 0 Å². The van der Waals surface area contributed by atoms with E-state index < -0.39 is 0 Å². The number of hydrogen-bond donors (Lipinski definition) is 3. The Labute approximate surface area is 133 Å². The van der Waals surface area contributed by atoms with Gasteiger partial charge in [-0.3, -0.25) is 4.79 Å². The lowest BCUT2D eigenvalue weighted by molar-refractivity contribution is 0.0939. The molecule has 1 unspecified atom stereocenters. The van der Waals surface area contributed by atoms with Crippen LogP contribution < -0.4 is 16.0 Å². The number of carbonyl (C=O) groups is 1. The van der Waals surface area contributed by atoms with Crippen molar-refractivity contribution in [3.8, 4) is 0 Å². The molecule has 1 atom stereocenters. The van der Waals surface area contributed by atoms with Gasteiger partial charge in [-0.05, 0) is 68.8 Å². The Morgan fingerprint density at radius 1 is 1.36 bits per heavy atom. The second-order valence-corrected chi connectivity index (χ2v) is 7.04. The molecule has 4 heteroatoms. The van der Waals surface area contributed by atoms with Crippen LogP contribution >= 0.6 is 0 Å². The zero-order valence-electron chi connectivity index (χ0n) is 13.6. The fraction of sp³-hybridized carbons (Fsp3) is 0.611. The summed E-state index contributed by atoms with van der Waals surface area (Å²) in [7, 11) is 0. The molecule has 1 aromatic carbocycles. The Morgan fingerprint density at radius 3 is 2.68 bits per heavy atom. The van der Waals surface area contributed by atoms with E-state index in [2.05, 4.69) is 22.9 Å².